The Hall–Kier alpha value is -2.47. The second-order valence-corrected chi connectivity index (χ2v) is 7.40. The first-order valence-corrected chi connectivity index (χ1v) is 9.58. The molecule has 1 amide bonds. The van der Waals surface area contributed by atoms with Gasteiger partial charge in [-0.1, -0.05) is 25.4 Å². The molecule has 0 radical (unpaired) electrons. The molecule has 1 aromatic heterocycles. The quantitative estimate of drug-likeness (QED) is 0.660. The lowest BCUT2D eigenvalue weighted by Crippen LogP contribution is -2.25. The van der Waals surface area contributed by atoms with E-state index in [1.54, 1.807) is 25.0 Å². The van der Waals surface area contributed by atoms with Crippen molar-refractivity contribution < 1.29 is 14.3 Å². The molecular weight excluding hydrogens is 378 g/mol. The summed E-state index contributed by atoms with van der Waals surface area (Å²) in [5.74, 6) is 1.58. The van der Waals surface area contributed by atoms with Crippen molar-refractivity contribution in [1.29, 1.82) is 0 Å². The molecule has 152 valence electrons. The Morgan fingerprint density at radius 3 is 2.61 bits per heavy atom. The van der Waals surface area contributed by atoms with Gasteiger partial charge >= 0.3 is 0 Å². The molecule has 0 saturated carbocycles. The Balaban J connectivity index is 2.13. The Labute approximate surface area is 171 Å². The van der Waals surface area contributed by atoms with Crippen molar-refractivity contribution in [3.8, 4) is 11.5 Å². The minimum absolute atomic E-state index is 0.232. The van der Waals surface area contributed by atoms with E-state index in [2.05, 4.69) is 24.3 Å². The van der Waals surface area contributed by atoms with Crippen molar-refractivity contribution in [2.75, 3.05) is 14.2 Å². The van der Waals surface area contributed by atoms with Crippen molar-refractivity contribution >= 4 is 23.6 Å². The van der Waals surface area contributed by atoms with Gasteiger partial charge in [0.15, 0.2) is 0 Å². The fourth-order valence-electron chi connectivity index (χ4n) is 2.90. The summed E-state index contributed by atoms with van der Waals surface area (Å²) < 4.78 is 12.4. The van der Waals surface area contributed by atoms with Crippen LogP contribution < -0.4 is 14.8 Å². The number of nitrogens with zero attached hydrogens (tertiary/aromatic N) is 2. The van der Waals surface area contributed by atoms with Gasteiger partial charge < -0.3 is 14.8 Å². The summed E-state index contributed by atoms with van der Waals surface area (Å²) in [5.41, 5.74) is 2.38. The number of amides is 1. The lowest BCUT2D eigenvalue weighted by molar-refractivity contribution is -0.117. The first-order valence-electron chi connectivity index (χ1n) is 9.20. The van der Waals surface area contributed by atoms with Gasteiger partial charge in [0.25, 0.3) is 0 Å². The second-order valence-electron chi connectivity index (χ2n) is 7.04. The summed E-state index contributed by atoms with van der Waals surface area (Å²) in [6.07, 6.45) is 3.17. The zero-order valence-electron chi connectivity index (χ0n) is 17.2. The predicted octanol–water partition coefficient (Wildman–Crippen LogP) is 4.41. The molecule has 28 heavy (non-hydrogen) atoms. The first kappa shape index (κ1) is 21.8. The Morgan fingerprint density at radius 2 is 2.00 bits per heavy atom. The molecule has 0 aliphatic rings. The monoisotopic (exact) mass is 405 g/mol. The third-order valence-electron chi connectivity index (χ3n) is 4.31. The first-order chi connectivity index (χ1) is 13.3. The number of benzene rings is 1. The van der Waals surface area contributed by atoms with Gasteiger partial charge in [0.1, 0.15) is 16.7 Å². The number of aromatic nitrogens is 2. The second kappa shape index (κ2) is 9.64. The van der Waals surface area contributed by atoms with Crippen LogP contribution in [-0.4, -0.2) is 29.9 Å². The maximum atomic E-state index is 12.4. The molecule has 0 aliphatic carbocycles. The molecule has 1 aromatic carbocycles. The highest BCUT2D eigenvalue weighted by Crippen LogP contribution is 2.29. The average molecular weight is 406 g/mol. The molecule has 0 spiro atoms. The van der Waals surface area contributed by atoms with E-state index in [1.165, 1.54) is 6.08 Å². The van der Waals surface area contributed by atoms with Gasteiger partial charge in [-0.15, -0.1) is 0 Å². The normalized spacial score (nSPS) is 12.4. The molecule has 1 atom stereocenters. The number of nitrogens with one attached hydrogen (secondary N) is 1. The molecule has 0 bridgehead atoms. The van der Waals surface area contributed by atoms with E-state index in [9.17, 15) is 4.79 Å². The number of hydrogen-bond acceptors (Lipinski definition) is 4. The zero-order valence-corrected chi connectivity index (χ0v) is 18.0. The smallest absolute Gasteiger partial charge is 0.244 e. The summed E-state index contributed by atoms with van der Waals surface area (Å²) in [5, 5.41) is 7.93. The molecule has 2 rings (SSSR count). The summed E-state index contributed by atoms with van der Waals surface area (Å²) in [6.45, 7) is 8.70. The van der Waals surface area contributed by atoms with E-state index in [0.29, 0.717) is 22.6 Å². The fraction of sp³-hybridized carbons (Fsp3) is 0.429. The summed E-state index contributed by atoms with van der Waals surface area (Å²) in [6, 6.07) is 5.22. The lowest BCUT2D eigenvalue weighted by atomic mass is 10.1. The maximum absolute atomic E-state index is 12.4. The number of halogens is 1. The summed E-state index contributed by atoms with van der Waals surface area (Å²) >= 11 is 6.42. The Kier molecular flexibility index (Phi) is 7.52. The van der Waals surface area contributed by atoms with E-state index >= 15 is 0 Å². The predicted molar refractivity (Wildman–Crippen MR) is 112 cm³/mol. The van der Waals surface area contributed by atoms with Crippen LogP contribution in [0.25, 0.3) is 6.08 Å². The highest BCUT2D eigenvalue weighted by atomic mass is 35.5. The number of rotatable bonds is 8. The van der Waals surface area contributed by atoms with E-state index in [4.69, 9.17) is 21.1 Å². The van der Waals surface area contributed by atoms with Crippen LogP contribution >= 0.6 is 11.6 Å². The van der Waals surface area contributed by atoms with Crippen molar-refractivity contribution in [1.82, 2.24) is 15.1 Å². The number of ether oxygens (including phenoxy) is 2. The molecule has 0 fully saturated rings. The third kappa shape index (κ3) is 5.29. The van der Waals surface area contributed by atoms with Crippen LogP contribution in [0.3, 0.4) is 0 Å². The molecular formula is C21H28ClN3O3. The van der Waals surface area contributed by atoms with Crippen LogP contribution in [0.4, 0.5) is 0 Å². The van der Waals surface area contributed by atoms with Gasteiger partial charge in [-0.3, -0.25) is 9.48 Å². The third-order valence-corrected chi connectivity index (χ3v) is 4.71. The topological polar surface area (TPSA) is 65.4 Å². The molecule has 0 aliphatic heterocycles. The van der Waals surface area contributed by atoms with Crippen LogP contribution in [0, 0.1) is 12.8 Å². The highest BCUT2D eigenvalue weighted by Gasteiger charge is 2.15. The Morgan fingerprint density at radius 1 is 1.29 bits per heavy atom. The Bertz CT molecular complexity index is 859. The number of carbonyl (C=O) groups excluding carboxylic acids is 1. The van der Waals surface area contributed by atoms with Crippen molar-refractivity contribution in [3.63, 3.8) is 0 Å². The molecule has 0 unspecified atom stereocenters. The number of hydrogen-bond donors (Lipinski definition) is 1. The van der Waals surface area contributed by atoms with E-state index in [-0.39, 0.29) is 11.9 Å². The zero-order chi connectivity index (χ0) is 20.8. The number of aryl methyl sites for hydroxylation is 1. The SMILES string of the molecule is COc1ccc(OC)c([C@H](C)NC(=O)/C=C/c2c(C)nn(CC(C)C)c2Cl)c1. The van der Waals surface area contributed by atoms with Gasteiger partial charge in [0.2, 0.25) is 5.91 Å². The largest absolute Gasteiger partial charge is 0.497 e. The molecule has 1 N–H and O–H groups in total. The van der Waals surface area contributed by atoms with Gasteiger partial charge in [-0.25, -0.2) is 0 Å². The lowest BCUT2D eigenvalue weighted by Gasteiger charge is -2.17. The van der Waals surface area contributed by atoms with Crippen LogP contribution in [0.5, 0.6) is 11.5 Å². The van der Waals surface area contributed by atoms with Crippen LogP contribution in [0.2, 0.25) is 5.15 Å². The molecule has 0 saturated heterocycles. The minimum Gasteiger partial charge on any atom is -0.497 e. The summed E-state index contributed by atoms with van der Waals surface area (Å²) in [4.78, 5) is 12.4. The minimum atomic E-state index is -0.262. The van der Waals surface area contributed by atoms with Crippen LogP contribution in [-0.2, 0) is 11.3 Å². The van der Waals surface area contributed by atoms with E-state index in [0.717, 1.165) is 23.4 Å². The fourth-order valence-corrected chi connectivity index (χ4v) is 3.21. The number of methoxy groups -OCH3 is 2. The van der Waals surface area contributed by atoms with E-state index in [1.807, 2.05) is 32.0 Å². The van der Waals surface area contributed by atoms with Crippen LogP contribution in [0.1, 0.15) is 43.6 Å². The van der Waals surface area contributed by atoms with Crippen molar-refractivity contribution in [2.24, 2.45) is 5.92 Å². The van der Waals surface area contributed by atoms with Crippen molar-refractivity contribution in [3.05, 3.63) is 46.2 Å². The standard InChI is InChI=1S/C21H28ClN3O3/c1-13(2)12-25-21(22)17(15(4)24-25)8-10-20(26)23-14(3)18-11-16(27-5)7-9-19(18)28-6/h7-11,13-14H,12H2,1-6H3,(H,23,26)/b10-8+/t14-/m0/s1. The van der Waals surface area contributed by atoms with Gasteiger partial charge in [0, 0.05) is 23.7 Å². The van der Waals surface area contributed by atoms with Crippen molar-refractivity contribution in [2.45, 2.75) is 40.3 Å². The molecule has 6 nitrogen and oxygen atoms in total. The van der Waals surface area contributed by atoms with Gasteiger partial charge in [0.05, 0.1) is 26.0 Å². The maximum Gasteiger partial charge on any atom is 0.244 e. The summed E-state index contributed by atoms with van der Waals surface area (Å²) in [7, 11) is 3.20. The number of carbonyl (C=O) groups is 1. The van der Waals surface area contributed by atoms with E-state index < -0.39 is 0 Å². The average Bonchev–Trinajstić information content (AvgIpc) is 2.91. The van der Waals surface area contributed by atoms with Gasteiger partial charge in [-0.2, -0.15) is 5.10 Å². The van der Waals surface area contributed by atoms with Gasteiger partial charge in [-0.05, 0) is 44.0 Å². The highest BCUT2D eigenvalue weighted by molar-refractivity contribution is 6.31. The molecule has 7 heteroatoms. The van der Waals surface area contributed by atoms with Crippen LogP contribution in [0.15, 0.2) is 24.3 Å². The molecule has 1 heterocycles. The molecule has 2 aromatic rings.